The van der Waals surface area contributed by atoms with E-state index in [9.17, 15) is 0 Å². The first kappa shape index (κ1) is 21.8. The summed E-state index contributed by atoms with van der Waals surface area (Å²) in [5, 5.41) is 7.14. The molecule has 0 bridgehead atoms. The van der Waals surface area contributed by atoms with E-state index in [1.54, 1.807) is 0 Å². The second-order valence-electron chi connectivity index (χ2n) is 8.92. The number of likely N-dealkylation sites (tertiary alicyclic amines) is 1. The number of guanidine groups is 1. The maximum atomic E-state index is 5.62. The Morgan fingerprint density at radius 3 is 2.57 bits per heavy atom. The Labute approximate surface area is 172 Å². The molecule has 1 aliphatic carbocycles. The topological polar surface area (TPSA) is 52.1 Å². The van der Waals surface area contributed by atoms with Crippen LogP contribution in [0.5, 0.6) is 0 Å². The average molecular weight is 394 g/mol. The number of morpholine rings is 1. The van der Waals surface area contributed by atoms with E-state index in [1.165, 1.54) is 64.6 Å². The van der Waals surface area contributed by atoms with Crippen molar-refractivity contribution in [3.8, 4) is 0 Å². The Bertz CT molecular complexity index is 472. The van der Waals surface area contributed by atoms with E-state index in [1.807, 2.05) is 0 Å². The summed E-state index contributed by atoms with van der Waals surface area (Å²) >= 11 is 0. The van der Waals surface area contributed by atoms with Gasteiger partial charge in [-0.2, -0.15) is 0 Å². The zero-order chi connectivity index (χ0) is 19.7. The average Bonchev–Trinajstić information content (AvgIpc) is 3.19. The molecule has 3 fully saturated rings. The van der Waals surface area contributed by atoms with Gasteiger partial charge < -0.3 is 20.3 Å². The van der Waals surface area contributed by atoms with Crippen LogP contribution >= 0.6 is 0 Å². The van der Waals surface area contributed by atoms with Gasteiger partial charge in [0, 0.05) is 38.3 Å². The third kappa shape index (κ3) is 6.07. The number of ether oxygens (including phenoxy) is 1. The lowest BCUT2D eigenvalue weighted by Gasteiger charge is -2.47. The predicted octanol–water partition coefficient (Wildman–Crippen LogP) is 2.31. The molecule has 3 aliphatic rings. The fourth-order valence-electron chi connectivity index (χ4n) is 5.23. The zero-order valence-electron chi connectivity index (χ0n) is 18.3. The van der Waals surface area contributed by atoms with Crippen LogP contribution in [0.3, 0.4) is 0 Å². The van der Waals surface area contributed by atoms with Gasteiger partial charge in [0.1, 0.15) is 0 Å². The molecule has 6 heteroatoms. The van der Waals surface area contributed by atoms with E-state index in [0.29, 0.717) is 0 Å². The van der Waals surface area contributed by atoms with Crippen LogP contribution < -0.4 is 10.6 Å². The maximum Gasteiger partial charge on any atom is 0.191 e. The zero-order valence-corrected chi connectivity index (χ0v) is 18.3. The number of nitrogens with one attached hydrogen (secondary N) is 2. The molecule has 28 heavy (non-hydrogen) atoms. The van der Waals surface area contributed by atoms with Gasteiger partial charge in [0.2, 0.25) is 0 Å². The summed E-state index contributed by atoms with van der Waals surface area (Å²) in [4.78, 5) is 10.4. The summed E-state index contributed by atoms with van der Waals surface area (Å²) in [7, 11) is 0. The molecule has 2 heterocycles. The first-order valence-electron chi connectivity index (χ1n) is 11.8. The quantitative estimate of drug-likeness (QED) is 0.490. The number of nitrogens with zero attached hydrogens (tertiary/aromatic N) is 3. The van der Waals surface area contributed by atoms with Crippen molar-refractivity contribution in [1.82, 2.24) is 20.4 Å². The van der Waals surface area contributed by atoms with Crippen LogP contribution in [0.1, 0.15) is 58.8 Å². The highest BCUT2D eigenvalue weighted by Crippen LogP contribution is 2.34. The SMILES string of the molecule is CCCN1CCC(CNC(=NCC2(N3CCOCC3)CCCCC2)NCC)C1. The fraction of sp³-hybridized carbons (Fsp3) is 0.955. The Kier molecular flexibility index (Phi) is 8.87. The van der Waals surface area contributed by atoms with Crippen molar-refractivity contribution in [3.05, 3.63) is 0 Å². The first-order valence-corrected chi connectivity index (χ1v) is 11.8. The molecular weight excluding hydrogens is 350 g/mol. The Morgan fingerprint density at radius 2 is 1.86 bits per heavy atom. The van der Waals surface area contributed by atoms with Gasteiger partial charge in [-0.25, -0.2) is 0 Å². The van der Waals surface area contributed by atoms with Crippen LogP contribution in [0.25, 0.3) is 0 Å². The highest BCUT2D eigenvalue weighted by Gasteiger charge is 2.38. The Morgan fingerprint density at radius 1 is 1.07 bits per heavy atom. The van der Waals surface area contributed by atoms with Gasteiger partial charge in [0.15, 0.2) is 5.96 Å². The van der Waals surface area contributed by atoms with Crippen molar-refractivity contribution < 1.29 is 4.74 Å². The van der Waals surface area contributed by atoms with Crippen LogP contribution in [0.2, 0.25) is 0 Å². The molecule has 3 rings (SSSR count). The lowest BCUT2D eigenvalue weighted by atomic mass is 9.80. The van der Waals surface area contributed by atoms with Gasteiger partial charge in [-0.3, -0.25) is 9.89 Å². The molecule has 2 aliphatic heterocycles. The van der Waals surface area contributed by atoms with Crippen LogP contribution in [0.4, 0.5) is 0 Å². The third-order valence-electron chi connectivity index (χ3n) is 6.81. The van der Waals surface area contributed by atoms with E-state index in [0.717, 1.165) is 57.8 Å². The first-order chi connectivity index (χ1) is 13.8. The van der Waals surface area contributed by atoms with Gasteiger partial charge in [-0.05, 0) is 51.6 Å². The summed E-state index contributed by atoms with van der Waals surface area (Å²) in [6.07, 6.45) is 9.19. The molecule has 6 nitrogen and oxygen atoms in total. The molecular formula is C22H43N5O. The summed E-state index contributed by atoms with van der Waals surface area (Å²) < 4.78 is 5.62. The smallest absolute Gasteiger partial charge is 0.191 e. The standard InChI is InChI=1S/C22H43N5O/c1-3-11-26-12-8-20(18-26)17-24-21(23-4-2)25-19-22(9-6-5-7-10-22)27-13-15-28-16-14-27/h20H,3-19H2,1-2H3,(H2,23,24,25). The lowest BCUT2D eigenvalue weighted by Crippen LogP contribution is -2.56. The molecule has 1 atom stereocenters. The second kappa shape index (κ2) is 11.4. The number of hydrogen-bond donors (Lipinski definition) is 2. The van der Waals surface area contributed by atoms with E-state index < -0.39 is 0 Å². The second-order valence-corrected chi connectivity index (χ2v) is 8.92. The molecule has 0 aromatic rings. The van der Waals surface area contributed by atoms with Gasteiger partial charge in [-0.1, -0.05) is 26.2 Å². The normalized spacial score (nSPS) is 27.1. The fourth-order valence-corrected chi connectivity index (χ4v) is 5.23. The summed E-state index contributed by atoms with van der Waals surface area (Å²) in [6, 6.07) is 0. The van der Waals surface area contributed by atoms with Gasteiger partial charge in [0.05, 0.1) is 19.8 Å². The molecule has 2 N–H and O–H groups in total. The molecule has 2 saturated heterocycles. The minimum atomic E-state index is 0.246. The van der Waals surface area contributed by atoms with E-state index in [-0.39, 0.29) is 5.54 Å². The third-order valence-corrected chi connectivity index (χ3v) is 6.81. The summed E-state index contributed by atoms with van der Waals surface area (Å²) in [5.74, 6) is 1.76. The van der Waals surface area contributed by atoms with Crippen molar-refractivity contribution in [3.63, 3.8) is 0 Å². The van der Waals surface area contributed by atoms with E-state index in [2.05, 4.69) is 34.3 Å². The molecule has 1 unspecified atom stereocenters. The van der Waals surface area contributed by atoms with E-state index in [4.69, 9.17) is 9.73 Å². The number of rotatable bonds is 8. The van der Waals surface area contributed by atoms with Crippen LogP contribution in [0.15, 0.2) is 4.99 Å². The highest BCUT2D eigenvalue weighted by molar-refractivity contribution is 5.79. The monoisotopic (exact) mass is 393 g/mol. The molecule has 1 saturated carbocycles. The van der Waals surface area contributed by atoms with Gasteiger partial charge >= 0.3 is 0 Å². The molecule has 0 aromatic heterocycles. The lowest BCUT2D eigenvalue weighted by molar-refractivity contribution is -0.0333. The van der Waals surface area contributed by atoms with Crippen molar-refractivity contribution >= 4 is 5.96 Å². The molecule has 0 aromatic carbocycles. The number of hydrogen-bond acceptors (Lipinski definition) is 4. The molecule has 0 amide bonds. The summed E-state index contributed by atoms with van der Waals surface area (Å²) in [6.45, 7) is 14.9. The van der Waals surface area contributed by atoms with Gasteiger partial charge in [0.25, 0.3) is 0 Å². The molecule has 0 radical (unpaired) electrons. The highest BCUT2D eigenvalue weighted by atomic mass is 16.5. The minimum absolute atomic E-state index is 0.246. The number of aliphatic imine (C=N–C) groups is 1. The van der Waals surface area contributed by atoms with Crippen molar-refractivity contribution in [1.29, 1.82) is 0 Å². The predicted molar refractivity (Wildman–Crippen MR) is 117 cm³/mol. The van der Waals surface area contributed by atoms with Crippen LogP contribution in [0, 0.1) is 5.92 Å². The Balaban J connectivity index is 1.56. The van der Waals surface area contributed by atoms with Crippen molar-refractivity contribution in [2.24, 2.45) is 10.9 Å². The Hall–Kier alpha value is -0.850. The minimum Gasteiger partial charge on any atom is -0.379 e. The molecule has 0 spiro atoms. The maximum absolute atomic E-state index is 5.62. The van der Waals surface area contributed by atoms with Gasteiger partial charge in [-0.15, -0.1) is 0 Å². The van der Waals surface area contributed by atoms with Crippen LogP contribution in [-0.4, -0.2) is 86.9 Å². The van der Waals surface area contributed by atoms with Crippen molar-refractivity contribution in [2.75, 3.05) is 65.6 Å². The largest absolute Gasteiger partial charge is 0.379 e. The molecule has 162 valence electrons. The van der Waals surface area contributed by atoms with E-state index >= 15 is 0 Å². The van der Waals surface area contributed by atoms with Crippen molar-refractivity contribution in [2.45, 2.75) is 64.3 Å². The summed E-state index contributed by atoms with van der Waals surface area (Å²) in [5.41, 5.74) is 0.246. The van der Waals surface area contributed by atoms with Crippen LogP contribution in [-0.2, 0) is 4.74 Å².